The van der Waals surface area contributed by atoms with Crippen molar-refractivity contribution in [3.63, 3.8) is 0 Å². The SMILES string of the molecule is C/C(=N\NC(=O)C(C)SC(C)C(=O)N/N=C(\C)c1ccc(C#N)cc1)c1ccc(C#N)cc1. The lowest BCUT2D eigenvalue weighted by Crippen LogP contribution is -2.33. The zero-order valence-electron chi connectivity index (χ0n) is 18.8. The van der Waals surface area contributed by atoms with Gasteiger partial charge in [-0.05, 0) is 63.1 Å². The van der Waals surface area contributed by atoms with E-state index < -0.39 is 10.5 Å². The molecular formula is C24H24N6O2S. The van der Waals surface area contributed by atoms with Gasteiger partial charge in [-0.3, -0.25) is 9.59 Å². The van der Waals surface area contributed by atoms with Crippen molar-refractivity contribution < 1.29 is 9.59 Å². The highest BCUT2D eigenvalue weighted by molar-refractivity contribution is 8.01. The summed E-state index contributed by atoms with van der Waals surface area (Å²) < 4.78 is 0. The average molecular weight is 461 g/mol. The van der Waals surface area contributed by atoms with Gasteiger partial charge in [-0.15, -0.1) is 11.8 Å². The highest BCUT2D eigenvalue weighted by atomic mass is 32.2. The molecule has 0 aliphatic rings. The molecule has 2 atom stereocenters. The summed E-state index contributed by atoms with van der Waals surface area (Å²) in [6, 6.07) is 17.9. The summed E-state index contributed by atoms with van der Waals surface area (Å²) >= 11 is 1.19. The van der Waals surface area contributed by atoms with Crippen molar-refractivity contribution in [3.8, 4) is 12.1 Å². The molecule has 168 valence electrons. The number of rotatable bonds is 8. The Morgan fingerprint density at radius 2 is 1.09 bits per heavy atom. The highest BCUT2D eigenvalue weighted by Crippen LogP contribution is 2.18. The topological polar surface area (TPSA) is 130 Å². The first-order chi connectivity index (χ1) is 15.7. The van der Waals surface area contributed by atoms with Crippen LogP contribution in [0.25, 0.3) is 0 Å². The van der Waals surface area contributed by atoms with Crippen molar-refractivity contribution in [3.05, 3.63) is 70.8 Å². The second-order valence-electron chi connectivity index (χ2n) is 7.15. The molecule has 0 aromatic heterocycles. The molecule has 2 aromatic carbocycles. The first kappa shape index (κ1) is 25.3. The predicted octanol–water partition coefficient (Wildman–Crippen LogP) is 3.32. The fraction of sp³-hybridized carbons (Fsp3) is 0.250. The van der Waals surface area contributed by atoms with Gasteiger partial charge in [-0.1, -0.05) is 24.3 Å². The Labute approximate surface area is 197 Å². The lowest BCUT2D eigenvalue weighted by Gasteiger charge is -2.15. The third-order valence-corrected chi connectivity index (χ3v) is 5.92. The molecule has 2 aromatic rings. The van der Waals surface area contributed by atoms with Gasteiger partial charge in [-0.2, -0.15) is 20.7 Å². The van der Waals surface area contributed by atoms with Crippen molar-refractivity contribution in [2.75, 3.05) is 0 Å². The van der Waals surface area contributed by atoms with E-state index in [0.29, 0.717) is 22.6 Å². The zero-order valence-corrected chi connectivity index (χ0v) is 19.6. The van der Waals surface area contributed by atoms with Crippen molar-refractivity contribution in [2.45, 2.75) is 38.2 Å². The van der Waals surface area contributed by atoms with Crippen molar-refractivity contribution >= 4 is 35.0 Å². The Balaban J connectivity index is 1.87. The van der Waals surface area contributed by atoms with E-state index in [-0.39, 0.29) is 11.8 Å². The Morgan fingerprint density at radius 3 is 1.39 bits per heavy atom. The standard InChI is InChI=1S/C24H24N6O2S/c1-15(21-9-5-19(13-25)6-10-21)27-29-23(31)17(3)33-18(4)24(32)30-28-16(2)22-11-7-20(14-26)8-12-22/h5-12,17-18H,1-4H3,(H,29,31)(H,30,32)/b27-15+,28-16+. The zero-order chi connectivity index (χ0) is 24.4. The summed E-state index contributed by atoms with van der Waals surface area (Å²) in [4.78, 5) is 24.8. The third kappa shape index (κ3) is 7.60. The van der Waals surface area contributed by atoms with Gasteiger partial charge in [0.2, 0.25) is 0 Å². The second kappa shape index (κ2) is 12.2. The first-order valence-electron chi connectivity index (χ1n) is 10.1. The molecule has 2 N–H and O–H groups in total. The summed E-state index contributed by atoms with van der Waals surface area (Å²) in [7, 11) is 0. The van der Waals surface area contributed by atoms with Gasteiger partial charge in [-0.25, -0.2) is 10.9 Å². The average Bonchev–Trinajstić information content (AvgIpc) is 2.85. The molecule has 0 radical (unpaired) electrons. The normalized spacial score (nSPS) is 13.3. The van der Waals surface area contributed by atoms with Gasteiger partial charge in [0.25, 0.3) is 11.8 Å². The van der Waals surface area contributed by atoms with Crippen LogP contribution in [0.2, 0.25) is 0 Å². The smallest absolute Gasteiger partial charge is 0.252 e. The van der Waals surface area contributed by atoms with Crippen LogP contribution in [0, 0.1) is 22.7 Å². The number of nitriles is 2. The van der Waals surface area contributed by atoms with E-state index in [1.807, 2.05) is 12.1 Å². The minimum Gasteiger partial charge on any atom is -0.272 e. The molecule has 2 rings (SSSR count). The van der Waals surface area contributed by atoms with Crippen molar-refractivity contribution in [1.29, 1.82) is 10.5 Å². The van der Waals surface area contributed by atoms with E-state index in [1.165, 1.54) is 11.8 Å². The maximum atomic E-state index is 12.4. The van der Waals surface area contributed by atoms with Gasteiger partial charge in [0, 0.05) is 0 Å². The Morgan fingerprint density at radius 1 is 0.758 bits per heavy atom. The van der Waals surface area contributed by atoms with Crippen molar-refractivity contribution in [1.82, 2.24) is 10.9 Å². The maximum absolute atomic E-state index is 12.4. The van der Waals surface area contributed by atoms with Gasteiger partial charge in [0.15, 0.2) is 0 Å². The molecule has 8 nitrogen and oxygen atoms in total. The molecule has 0 saturated carbocycles. The molecule has 0 spiro atoms. The summed E-state index contributed by atoms with van der Waals surface area (Å²) in [6.07, 6.45) is 0. The Bertz CT molecular complexity index is 1050. The minimum absolute atomic E-state index is 0.329. The summed E-state index contributed by atoms with van der Waals surface area (Å²) in [6.45, 7) is 6.90. The quantitative estimate of drug-likeness (QED) is 0.461. The first-order valence-corrected chi connectivity index (χ1v) is 11.0. The number of nitrogens with one attached hydrogen (secondary N) is 2. The fourth-order valence-electron chi connectivity index (χ4n) is 2.59. The van der Waals surface area contributed by atoms with Crippen LogP contribution in [-0.2, 0) is 9.59 Å². The van der Waals surface area contributed by atoms with Gasteiger partial charge in [0.1, 0.15) is 0 Å². The van der Waals surface area contributed by atoms with Crippen LogP contribution in [0.5, 0.6) is 0 Å². The van der Waals surface area contributed by atoms with Gasteiger partial charge in [0.05, 0.1) is 45.2 Å². The van der Waals surface area contributed by atoms with Crippen LogP contribution in [0.1, 0.15) is 49.9 Å². The Hall–Kier alpha value is -3.95. The van der Waals surface area contributed by atoms with Crippen LogP contribution in [-0.4, -0.2) is 33.7 Å². The van der Waals surface area contributed by atoms with Gasteiger partial charge < -0.3 is 0 Å². The molecule has 33 heavy (non-hydrogen) atoms. The monoisotopic (exact) mass is 460 g/mol. The molecule has 0 aliphatic carbocycles. The van der Waals surface area contributed by atoms with Gasteiger partial charge >= 0.3 is 0 Å². The molecule has 2 amide bonds. The van der Waals surface area contributed by atoms with Crippen LogP contribution in [0.4, 0.5) is 0 Å². The maximum Gasteiger partial charge on any atom is 0.252 e. The second-order valence-corrected chi connectivity index (χ2v) is 8.83. The number of thioether (sulfide) groups is 1. The molecule has 0 bridgehead atoms. The number of benzene rings is 2. The molecule has 0 aliphatic heterocycles. The van der Waals surface area contributed by atoms with E-state index in [1.54, 1.807) is 76.2 Å². The highest BCUT2D eigenvalue weighted by Gasteiger charge is 2.21. The molecule has 0 saturated heterocycles. The number of carbonyl (C=O) groups excluding carboxylic acids is 2. The Kier molecular flexibility index (Phi) is 9.34. The number of hydrazone groups is 2. The molecular weight excluding hydrogens is 436 g/mol. The fourth-order valence-corrected chi connectivity index (χ4v) is 3.56. The van der Waals surface area contributed by atoms with Crippen LogP contribution >= 0.6 is 11.8 Å². The van der Waals surface area contributed by atoms with E-state index in [0.717, 1.165) is 11.1 Å². The molecule has 9 heteroatoms. The predicted molar refractivity (Wildman–Crippen MR) is 130 cm³/mol. The number of amides is 2. The lowest BCUT2D eigenvalue weighted by molar-refractivity contribution is -0.120. The summed E-state index contributed by atoms with van der Waals surface area (Å²) in [5, 5.41) is 24.9. The number of hydrogen-bond acceptors (Lipinski definition) is 7. The summed E-state index contributed by atoms with van der Waals surface area (Å²) in [5.74, 6) is -0.658. The van der Waals surface area contributed by atoms with E-state index in [9.17, 15) is 9.59 Å². The summed E-state index contributed by atoms with van der Waals surface area (Å²) in [5.41, 5.74) is 8.90. The third-order valence-electron chi connectivity index (χ3n) is 4.68. The molecule has 0 heterocycles. The number of hydrogen-bond donors (Lipinski definition) is 2. The van der Waals surface area contributed by atoms with Crippen LogP contribution in [0.15, 0.2) is 58.7 Å². The van der Waals surface area contributed by atoms with E-state index >= 15 is 0 Å². The van der Waals surface area contributed by atoms with E-state index in [2.05, 4.69) is 21.1 Å². The van der Waals surface area contributed by atoms with Crippen LogP contribution in [0.3, 0.4) is 0 Å². The van der Waals surface area contributed by atoms with Crippen LogP contribution < -0.4 is 10.9 Å². The largest absolute Gasteiger partial charge is 0.272 e. The van der Waals surface area contributed by atoms with Crippen molar-refractivity contribution in [2.24, 2.45) is 10.2 Å². The molecule has 0 fully saturated rings. The number of nitrogens with zero attached hydrogens (tertiary/aromatic N) is 4. The lowest BCUT2D eigenvalue weighted by atomic mass is 10.1. The number of carbonyl (C=O) groups is 2. The minimum atomic E-state index is -0.521. The molecule has 2 unspecified atom stereocenters. The van der Waals surface area contributed by atoms with E-state index in [4.69, 9.17) is 10.5 Å².